The summed E-state index contributed by atoms with van der Waals surface area (Å²) < 4.78 is 4.86. The van der Waals surface area contributed by atoms with Crippen LogP contribution in [-0.2, 0) is 4.79 Å². The molecule has 0 saturated heterocycles. The molecule has 5 nitrogen and oxygen atoms in total. The van der Waals surface area contributed by atoms with Gasteiger partial charge in [0, 0.05) is 18.2 Å². The highest BCUT2D eigenvalue weighted by atomic mass is 16.4. The molecule has 1 aromatic heterocycles. The molecule has 78 valence electrons. The molecule has 0 bridgehead atoms. The minimum atomic E-state index is -0.496. The quantitative estimate of drug-likeness (QED) is 0.781. The van der Waals surface area contributed by atoms with Gasteiger partial charge in [-0.15, -0.1) is 0 Å². The first kappa shape index (κ1) is 9.51. The van der Waals surface area contributed by atoms with Crippen LogP contribution in [0.4, 0.5) is 5.69 Å². The normalized spacial score (nSPS) is 10.5. The van der Waals surface area contributed by atoms with E-state index in [2.05, 4.69) is 10.3 Å². The van der Waals surface area contributed by atoms with E-state index < -0.39 is 5.76 Å². The molecule has 1 amide bonds. The first-order valence-corrected chi connectivity index (χ1v) is 4.62. The lowest BCUT2D eigenvalue weighted by atomic mass is 10.3. The van der Waals surface area contributed by atoms with E-state index in [0.29, 0.717) is 23.2 Å². The SMILES string of the molecule is CCC(=O)Nc1ccc2[nH]c(=O)oc2c1. The van der Waals surface area contributed by atoms with Crippen molar-refractivity contribution < 1.29 is 9.21 Å². The fourth-order valence-electron chi connectivity index (χ4n) is 1.27. The van der Waals surface area contributed by atoms with E-state index in [9.17, 15) is 9.59 Å². The molecule has 1 aromatic carbocycles. The number of nitrogens with one attached hydrogen (secondary N) is 2. The molecule has 0 spiro atoms. The van der Waals surface area contributed by atoms with Gasteiger partial charge in [-0.3, -0.25) is 9.78 Å². The third kappa shape index (κ3) is 1.90. The highest BCUT2D eigenvalue weighted by molar-refractivity contribution is 5.92. The largest absolute Gasteiger partial charge is 0.417 e. The number of H-pyrrole nitrogens is 1. The number of hydrogen-bond acceptors (Lipinski definition) is 3. The van der Waals surface area contributed by atoms with Crippen molar-refractivity contribution in [2.45, 2.75) is 13.3 Å². The molecule has 0 saturated carbocycles. The summed E-state index contributed by atoms with van der Waals surface area (Å²) in [5.41, 5.74) is 1.68. The summed E-state index contributed by atoms with van der Waals surface area (Å²) in [5.74, 6) is -0.573. The number of hydrogen-bond donors (Lipinski definition) is 2. The van der Waals surface area contributed by atoms with Crippen LogP contribution in [0.25, 0.3) is 11.1 Å². The summed E-state index contributed by atoms with van der Waals surface area (Å²) in [6.45, 7) is 1.77. The van der Waals surface area contributed by atoms with E-state index in [1.54, 1.807) is 25.1 Å². The molecule has 0 aliphatic carbocycles. The lowest BCUT2D eigenvalue weighted by Crippen LogP contribution is -2.08. The third-order valence-electron chi connectivity index (χ3n) is 2.03. The molecular weight excluding hydrogens is 196 g/mol. The molecule has 5 heteroatoms. The van der Waals surface area contributed by atoms with Gasteiger partial charge in [0.1, 0.15) is 0 Å². The summed E-state index contributed by atoms with van der Waals surface area (Å²) >= 11 is 0. The zero-order chi connectivity index (χ0) is 10.8. The molecule has 2 rings (SSSR count). The zero-order valence-electron chi connectivity index (χ0n) is 8.16. The first-order valence-electron chi connectivity index (χ1n) is 4.62. The Morgan fingerprint density at radius 2 is 2.33 bits per heavy atom. The van der Waals surface area contributed by atoms with Crippen LogP contribution in [0, 0.1) is 0 Å². The van der Waals surface area contributed by atoms with Crippen molar-refractivity contribution in [3.05, 3.63) is 28.7 Å². The lowest BCUT2D eigenvalue weighted by Gasteiger charge is -2.01. The number of carbonyl (C=O) groups is 1. The maximum atomic E-state index is 11.1. The van der Waals surface area contributed by atoms with E-state index in [1.165, 1.54) is 0 Å². The van der Waals surface area contributed by atoms with Crippen molar-refractivity contribution >= 4 is 22.7 Å². The van der Waals surface area contributed by atoms with Gasteiger partial charge in [-0.2, -0.15) is 0 Å². The first-order chi connectivity index (χ1) is 7.19. The van der Waals surface area contributed by atoms with Crippen molar-refractivity contribution in [1.29, 1.82) is 0 Å². The molecule has 15 heavy (non-hydrogen) atoms. The van der Waals surface area contributed by atoms with Gasteiger partial charge in [0.25, 0.3) is 0 Å². The van der Waals surface area contributed by atoms with Gasteiger partial charge in [0.2, 0.25) is 5.91 Å². The number of aromatic nitrogens is 1. The maximum absolute atomic E-state index is 11.1. The van der Waals surface area contributed by atoms with Crippen LogP contribution < -0.4 is 11.1 Å². The standard InChI is InChI=1S/C10H10N2O3/c1-2-9(13)11-6-3-4-7-8(5-6)15-10(14)12-7/h3-5H,2H2,1H3,(H,11,13)(H,12,14). The Morgan fingerprint density at radius 1 is 1.53 bits per heavy atom. The predicted octanol–water partition coefficient (Wildman–Crippen LogP) is 1.47. The number of rotatable bonds is 2. The predicted molar refractivity (Wildman–Crippen MR) is 55.8 cm³/mol. The average molecular weight is 206 g/mol. The van der Waals surface area contributed by atoms with Crippen LogP contribution in [0.5, 0.6) is 0 Å². The summed E-state index contributed by atoms with van der Waals surface area (Å²) in [7, 11) is 0. The Kier molecular flexibility index (Phi) is 2.29. The van der Waals surface area contributed by atoms with E-state index in [0.717, 1.165) is 0 Å². The minimum absolute atomic E-state index is 0.0766. The Bertz CT molecular complexity index is 553. The van der Waals surface area contributed by atoms with Crippen molar-refractivity contribution in [2.75, 3.05) is 5.32 Å². The smallest absolute Gasteiger partial charge is 0.408 e. The molecule has 2 N–H and O–H groups in total. The van der Waals surface area contributed by atoms with Gasteiger partial charge in [0.05, 0.1) is 5.52 Å². The minimum Gasteiger partial charge on any atom is -0.408 e. The molecule has 0 atom stereocenters. The van der Waals surface area contributed by atoms with Crippen LogP contribution in [0.1, 0.15) is 13.3 Å². The number of benzene rings is 1. The van der Waals surface area contributed by atoms with Crippen molar-refractivity contribution in [1.82, 2.24) is 4.98 Å². The van der Waals surface area contributed by atoms with E-state index in [1.807, 2.05) is 0 Å². The average Bonchev–Trinajstić information content (AvgIpc) is 2.57. The molecule has 0 aliphatic heterocycles. The van der Waals surface area contributed by atoms with Crippen LogP contribution in [0.2, 0.25) is 0 Å². The van der Waals surface area contributed by atoms with Gasteiger partial charge < -0.3 is 9.73 Å². The van der Waals surface area contributed by atoms with Crippen molar-refractivity contribution in [3.63, 3.8) is 0 Å². The molecule has 0 unspecified atom stereocenters. The van der Waals surface area contributed by atoms with Gasteiger partial charge in [-0.1, -0.05) is 6.92 Å². The Hall–Kier alpha value is -2.04. The van der Waals surface area contributed by atoms with E-state index >= 15 is 0 Å². The van der Waals surface area contributed by atoms with Crippen LogP contribution in [0.15, 0.2) is 27.4 Å². The second-order valence-corrected chi connectivity index (χ2v) is 3.13. The van der Waals surface area contributed by atoms with Gasteiger partial charge in [-0.25, -0.2) is 4.79 Å². The fraction of sp³-hybridized carbons (Fsp3) is 0.200. The highest BCUT2D eigenvalue weighted by Crippen LogP contribution is 2.16. The van der Waals surface area contributed by atoms with Gasteiger partial charge in [-0.05, 0) is 12.1 Å². The second-order valence-electron chi connectivity index (χ2n) is 3.13. The summed E-state index contributed by atoms with van der Waals surface area (Å²) in [6.07, 6.45) is 0.412. The third-order valence-corrected chi connectivity index (χ3v) is 2.03. The molecular formula is C10H10N2O3. The number of amides is 1. The number of oxazole rings is 1. The highest BCUT2D eigenvalue weighted by Gasteiger charge is 2.03. The van der Waals surface area contributed by atoms with Gasteiger partial charge >= 0.3 is 5.76 Å². The zero-order valence-corrected chi connectivity index (χ0v) is 8.16. The topological polar surface area (TPSA) is 75.1 Å². The van der Waals surface area contributed by atoms with Gasteiger partial charge in [0.15, 0.2) is 5.58 Å². The van der Waals surface area contributed by atoms with E-state index in [4.69, 9.17) is 4.42 Å². The summed E-state index contributed by atoms with van der Waals surface area (Å²) in [6, 6.07) is 5.01. The Morgan fingerprint density at radius 3 is 3.07 bits per heavy atom. The Balaban J connectivity index is 2.38. The molecule has 0 radical (unpaired) electrons. The molecule has 0 aliphatic rings. The number of aromatic amines is 1. The van der Waals surface area contributed by atoms with Crippen LogP contribution in [0.3, 0.4) is 0 Å². The second kappa shape index (κ2) is 3.61. The monoisotopic (exact) mass is 206 g/mol. The number of anilines is 1. The summed E-state index contributed by atoms with van der Waals surface area (Å²) in [5, 5.41) is 2.68. The molecule has 1 heterocycles. The van der Waals surface area contributed by atoms with Crippen molar-refractivity contribution in [3.8, 4) is 0 Å². The molecule has 0 fully saturated rings. The number of carbonyl (C=O) groups excluding carboxylic acids is 1. The lowest BCUT2D eigenvalue weighted by molar-refractivity contribution is -0.115. The summed E-state index contributed by atoms with van der Waals surface area (Å²) in [4.78, 5) is 24.5. The van der Waals surface area contributed by atoms with Crippen molar-refractivity contribution in [2.24, 2.45) is 0 Å². The van der Waals surface area contributed by atoms with Crippen LogP contribution in [-0.4, -0.2) is 10.9 Å². The fourth-order valence-corrected chi connectivity index (χ4v) is 1.27. The molecule has 2 aromatic rings. The maximum Gasteiger partial charge on any atom is 0.417 e. The Labute approximate surface area is 85.1 Å². The number of fused-ring (bicyclic) bond motifs is 1. The van der Waals surface area contributed by atoms with E-state index in [-0.39, 0.29) is 5.91 Å². The van der Waals surface area contributed by atoms with Crippen LogP contribution >= 0.6 is 0 Å².